The Bertz CT molecular complexity index is 632. The van der Waals surface area contributed by atoms with Gasteiger partial charge in [-0.15, -0.1) is 24.0 Å². The van der Waals surface area contributed by atoms with Crippen molar-refractivity contribution in [2.75, 3.05) is 46.0 Å². The van der Waals surface area contributed by atoms with E-state index in [4.69, 9.17) is 14.5 Å². The summed E-state index contributed by atoms with van der Waals surface area (Å²) in [4.78, 5) is 7.23. The van der Waals surface area contributed by atoms with Gasteiger partial charge in [-0.1, -0.05) is 43.5 Å². The van der Waals surface area contributed by atoms with Crippen molar-refractivity contribution in [2.45, 2.75) is 64.6 Å². The Labute approximate surface area is 205 Å². The van der Waals surface area contributed by atoms with Crippen molar-refractivity contribution in [3.63, 3.8) is 0 Å². The molecule has 1 heterocycles. The Morgan fingerprint density at radius 3 is 2.68 bits per heavy atom. The van der Waals surface area contributed by atoms with Gasteiger partial charge in [-0.25, -0.2) is 4.99 Å². The second kappa shape index (κ2) is 15.8. The fourth-order valence-electron chi connectivity index (χ4n) is 4.12. The van der Waals surface area contributed by atoms with Crippen molar-refractivity contribution in [1.82, 2.24) is 15.5 Å². The molecule has 1 aromatic carbocycles. The molecule has 2 fully saturated rings. The standard InChI is InChI=1S/C24H40N4O2.HI/c1-2-25-24(26-12-7-15-30-23-10-4-3-5-11-23)27-19-21-8-6-9-22(18-21)20-28-13-16-29-17-14-28;/h6,8-9,18,23H,2-5,7,10-17,19-20H2,1H3,(H2,25,26,27);1H. The number of halogens is 1. The van der Waals surface area contributed by atoms with E-state index in [0.29, 0.717) is 12.6 Å². The predicted molar refractivity (Wildman–Crippen MR) is 138 cm³/mol. The zero-order chi connectivity index (χ0) is 20.9. The fraction of sp³-hybridized carbons (Fsp3) is 0.708. The topological polar surface area (TPSA) is 58.1 Å². The lowest BCUT2D eigenvalue weighted by Gasteiger charge is -2.26. The molecule has 2 N–H and O–H groups in total. The molecule has 1 aromatic rings. The molecule has 1 aliphatic heterocycles. The molecule has 0 atom stereocenters. The van der Waals surface area contributed by atoms with Crippen LogP contribution in [0.15, 0.2) is 29.3 Å². The van der Waals surface area contributed by atoms with Crippen LogP contribution in [0.2, 0.25) is 0 Å². The molecule has 7 heteroatoms. The van der Waals surface area contributed by atoms with Gasteiger partial charge in [-0.2, -0.15) is 0 Å². The van der Waals surface area contributed by atoms with Crippen LogP contribution in [-0.4, -0.2) is 63.0 Å². The molecule has 0 bridgehead atoms. The van der Waals surface area contributed by atoms with Crippen LogP contribution in [0.25, 0.3) is 0 Å². The predicted octanol–water partition coefficient (Wildman–Crippen LogP) is 3.93. The summed E-state index contributed by atoms with van der Waals surface area (Å²) in [5.41, 5.74) is 2.60. The minimum atomic E-state index is 0. The van der Waals surface area contributed by atoms with Crippen LogP contribution in [0, 0.1) is 0 Å². The van der Waals surface area contributed by atoms with E-state index in [1.807, 2.05) is 0 Å². The molecule has 176 valence electrons. The van der Waals surface area contributed by atoms with Crippen molar-refractivity contribution in [2.24, 2.45) is 4.99 Å². The summed E-state index contributed by atoms with van der Waals surface area (Å²) < 4.78 is 11.5. The van der Waals surface area contributed by atoms with Crippen molar-refractivity contribution in [3.8, 4) is 0 Å². The van der Waals surface area contributed by atoms with Crippen molar-refractivity contribution in [1.29, 1.82) is 0 Å². The van der Waals surface area contributed by atoms with Gasteiger partial charge >= 0.3 is 0 Å². The monoisotopic (exact) mass is 544 g/mol. The average Bonchev–Trinajstić information content (AvgIpc) is 2.79. The second-order valence-electron chi connectivity index (χ2n) is 8.31. The molecule has 2 aliphatic rings. The second-order valence-corrected chi connectivity index (χ2v) is 8.31. The molecule has 0 aromatic heterocycles. The zero-order valence-corrected chi connectivity index (χ0v) is 21.4. The van der Waals surface area contributed by atoms with Gasteiger partial charge in [0.05, 0.1) is 25.9 Å². The van der Waals surface area contributed by atoms with Crippen LogP contribution in [0.4, 0.5) is 0 Å². The summed E-state index contributed by atoms with van der Waals surface area (Å²) in [6, 6.07) is 8.79. The van der Waals surface area contributed by atoms with E-state index < -0.39 is 0 Å². The summed E-state index contributed by atoms with van der Waals surface area (Å²) in [6.45, 7) is 10.1. The molecule has 6 nitrogen and oxygen atoms in total. The Morgan fingerprint density at radius 1 is 1.13 bits per heavy atom. The van der Waals surface area contributed by atoms with Gasteiger partial charge in [-0.05, 0) is 37.3 Å². The number of ether oxygens (including phenoxy) is 2. The van der Waals surface area contributed by atoms with Crippen LogP contribution in [0.5, 0.6) is 0 Å². The summed E-state index contributed by atoms with van der Waals surface area (Å²) in [6.07, 6.45) is 8.01. The van der Waals surface area contributed by atoms with Crippen LogP contribution >= 0.6 is 24.0 Å². The summed E-state index contributed by atoms with van der Waals surface area (Å²) in [7, 11) is 0. The Balaban J connectivity index is 0.00000341. The number of nitrogens with zero attached hydrogens (tertiary/aromatic N) is 2. The van der Waals surface area contributed by atoms with Crippen molar-refractivity contribution < 1.29 is 9.47 Å². The maximum Gasteiger partial charge on any atom is 0.191 e. The smallest absolute Gasteiger partial charge is 0.191 e. The number of benzene rings is 1. The quantitative estimate of drug-likeness (QED) is 0.202. The molecular weight excluding hydrogens is 503 g/mol. The fourth-order valence-corrected chi connectivity index (χ4v) is 4.12. The summed E-state index contributed by atoms with van der Waals surface area (Å²) >= 11 is 0. The van der Waals surface area contributed by atoms with Crippen LogP contribution in [0.1, 0.15) is 56.6 Å². The van der Waals surface area contributed by atoms with Gasteiger partial charge in [0.15, 0.2) is 5.96 Å². The molecule has 0 radical (unpaired) electrons. The molecule has 1 saturated carbocycles. The van der Waals surface area contributed by atoms with Gasteiger partial charge in [0.2, 0.25) is 0 Å². The highest BCUT2D eigenvalue weighted by Crippen LogP contribution is 2.20. The largest absolute Gasteiger partial charge is 0.379 e. The van der Waals surface area contributed by atoms with Crippen molar-refractivity contribution >= 4 is 29.9 Å². The van der Waals surface area contributed by atoms with E-state index in [1.165, 1.54) is 43.2 Å². The van der Waals surface area contributed by atoms with E-state index in [2.05, 4.69) is 46.7 Å². The highest BCUT2D eigenvalue weighted by molar-refractivity contribution is 14.0. The number of nitrogens with one attached hydrogen (secondary N) is 2. The first-order valence-corrected chi connectivity index (χ1v) is 11.8. The van der Waals surface area contributed by atoms with E-state index >= 15 is 0 Å². The van der Waals surface area contributed by atoms with E-state index in [-0.39, 0.29) is 24.0 Å². The first-order chi connectivity index (χ1) is 14.8. The maximum atomic E-state index is 6.02. The molecule has 0 spiro atoms. The number of rotatable bonds is 10. The number of hydrogen-bond acceptors (Lipinski definition) is 4. The Morgan fingerprint density at radius 2 is 1.90 bits per heavy atom. The van der Waals surface area contributed by atoms with Crippen molar-refractivity contribution in [3.05, 3.63) is 35.4 Å². The number of hydrogen-bond donors (Lipinski definition) is 2. The summed E-state index contributed by atoms with van der Waals surface area (Å²) in [5, 5.41) is 6.80. The molecule has 1 saturated heterocycles. The summed E-state index contributed by atoms with van der Waals surface area (Å²) in [5.74, 6) is 0.883. The van der Waals surface area contributed by atoms with Gasteiger partial charge in [0, 0.05) is 39.3 Å². The maximum absolute atomic E-state index is 6.02. The molecule has 0 unspecified atom stereocenters. The molecular formula is C24H41IN4O2. The van der Waals surface area contributed by atoms with Gasteiger partial charge in [0.25, 0.3) is 0 Å². The average molecular weight is 545 g/mol. The first kappa shape index (κ1) is 26.4. The number of guanidine groups is 1. The normalized spacial score (nSPS) is 18.4. The number of morpholine rings is 1. The highest BCUT2D eigenvalue weighted by Gasteiger charge is 2.13. The third-order valence-corrected chi connectivity index (χ3v) is 5.78. The zero-order valence-electron chi connectivity index (χ0n) is 19.1. The Hall–Kier alpha value is -0.900. The SMILES string of the molecule is CCNC(=NCc1cccc(CN2CCOCC2)c1)NCCCOC1CCCCC1.I. The van der Waals surface area contributed by atoms with Gasteiger partial charge in [-0.3, -0.25) is 4.90 Å². The highest BCUT2D eigenvalue weighted by atomic mass is 127. The minimum absolute atomic E-state index is 0. The van der Waals surface area contributed by atoms with E-state index in [1.54, 1.807) is 0 Å². The van der Waals surface area contributed by atoms with E-state index in [0.717, 1.165) is 64.9 Å². The Kier molecular flexibility index (Phi) is 13.5. The third kappa shape index (κ3) is 10.5. The third-order valence-electron chi connectivity index (χ3n) is 5.78. The van der Waals surface area contributed by atoms with E-state index in [9.17, 15) is 0 Å². The van der Waals surface area contributed by atoms with Gasteiger partial charge in [0.1, 0.15) is 0 Å². The van der Waals surface area contributed by atoms with Crippen LogP contribution < -0.4 is 10.6 Å². The minimum Gasteiger partial charge on any atom is -0.379 e. The molecule has 3 rings (SSSR count). The number of aliphatic imine (C=N–C) groups is 1. The van der Waals surface area contributed by atoms with Crippen LogP contribution in [-0.2, 0) is 22.6 Å². The lowest BCUT2D eigenvalue weighted by molar-refractivity contribution is 0.0277. The van der Waals surface area contributed by atoms with Crippen LogP contribution in [0.3, 0.4) is 0 Å². The first-order valence-electron chi connectivity index (χ1n) is 11.8. The molecule has 0 amide bonds. The molecule has 1 aliphatic carbocycles. The lowest BCUT2D eigenvalue weighted by Crippen LogP contribution is -2.38. The molecule has 31 heavy (non-hydrogen) atoms. The van der Waals surface area contributed by atoms with Gasteiger partial charge < -0.3 is 20.1 Å². The lowest BCUT2D eigenvalue weighted by atomic mass is 9.98.